The van der Waals surface area contributed by atoms with E-state index in [9.17, 15) is 19.8 Å². The molecule has 0 aromatic carbocycles. The highest BCUT2D eigenvalue weighted by Crippen LogP contribution is 2.17. The lowest BCUT2D eigenvalue weighted by Gasteiger charge is -2.22. The van der Waals surface area contributed by atoms with Crippen molar-refractivity contribution in [1.82, 2.24) is 5.32 Å². The van der Waals surface area contributed by atoms with Crippen LogP contribution in [0.4, 0.5) is 0 Å². The zero-order chi connectivity index (χ0) is 44.4. The van der Waals surface area contributed by atoms with Crippen LogP contribution >= 0.6 is 0 Å². The van der Waals surface area contributed by atoms with Gasteiger partial charge in [-0.3, -0.25) is 9.59 Å². The van der Waals surface area contributed by atoms with Crippen molar-refractivity contribution in [2.45, 2.75) is 315 Å². The van der Waals surface area contributed by atoms with E-state index < -0.39 is 12.1 Å². The smallest absolute Gasteiger partial charge is 0.305 e. The molecule has 1 amide bonds. The number of hydrogen-bond acceptors (Lipinski definition) is 5. The van der Waals surface area contributed by atoms with Gasteiger partial charge in [-0.15, -0.1) is 0 Å². The Kier molecular flexibility index (Phi) is 50.1. The number of amides is 1. The summed E-state index contributed by atoms with van der Waals surface area (Å²) in [5.74, 6) is -0.0512. The monoisotopic (exact) mass is 862 g/mol. The third kappa shape index (κ3) is 47.9. The third-order valence-electron chi connectivity index (χ3n) is 12.8. The predicted octanol–water partition coefficient (Wildman–Crippen LogP) is 16.5. The van der Waals surface area contributed by atoms with Crippen LogP contribution in [-0.2, 0) is 14.3 Å². The molecular weight excluding hydrogens is 755 g/mol. The Labute approximate surface area is 380 Å². The summed E-state index contributed by atoms with van der Waals surface area (Å²) < 4.78 is 5.45. The van der Waals surface area contributed by atoms with Crippen molar-refractivity contribution < 1.29 is 24.5 Å². The molecule has 0 rings (SSSR count). The molecule has 0 radical (unpaired) electrons. The Hall–Kier alpha value is -1.40. The van der Waals surface area contributed by atoms with Gasteiger partial charge in [-0.1, -0.05) is 257 Å². The fourth-order valence-corrected chi connectivity index (χ4v) is 8.56. The average Bonchev–Trinajstić information content (AvgIpc) is 3.26. The van der Waals surface area contributed by atoms with Gasteiger partial charge in [-0.2, -0.15) is 0 Å². The molecule has 0 aliphatic rings. The molecule has 0 saturated carbocycles. The summed E-state index contributed by atoms with van der Waals surface area (Å²) in [6, 6.07) is -0.547. The van der Waals surface area contributed by atoms with Crippen LogP contribution in [0.2, 0.25) is 0 Å². The maximum atomic E-state index is 12.5. The average molecular weight is 862 g/mol. The topological polar surface area (TPSA) is 95.9 Å². The molecule has 0 aliphatic carbocycles. The van der Waals surface area contributed by atoms with Gasteiger partial charge in [0.25, 0.3) is 0 Å². The van der Waals surface area contributed by atoms with Gasteiger partial charge in [0.15, 0.2) is 0 Å². The first-order valence-corrected chi connectivity index (χ1v) is 27.4. The minimum atomic E-state index is -0.670. The van der Waals surface area contributed by atoms with Crippen molar-refractivity contribution >= 4 is 11.9 Å². The molecule has 2 unspecified atom stereocenters. The molecule has 0 heterocycles. The first-order chi connectivity index (χ1) is 30.0. The van der Waals surface area contributed by atoms with Crippen molar-refractivity contribution in [1.29, 1.82) is 0 Å². The maximum Gasteiger partial charge on any atom is 0.305 e. The van der Waals surface area contributed by atoms with Crippen LogP contribution < -0.4 is 5.32 Å². The Morgan fingerprint density at radius 1 is 0.443 bits per heavy atom. The van der Waals surface area contributed by atoms with Crippen molar-refractivity contribution in [2.75, 3.05) is 13.2 Å². The number of rotatable bonds is 51. The minimum absolute atomic E-state index is 0.00985. The lowest BCUT2D eigenvalue weighted by atomic mass is 10.0. The lowest BCUT2D eigenvalue weighted by molar-refractivity contribution is -0.143. The molecule has 0 aromatic rings. The van der Waals surface area contributed by atoms with Crippen LogP contribution in [0.15, 0.2) is 12.2 Å². The van der Waals surface area contributed by atoms with Gasteiger partial charge in [0.2, 0.25) is 5.91 Å². The third-order valence-corrected chi connectivity index (χ3v) is 12.8. The first-order valence-electron chi connectivity index (χ1n) is 27.4. The predicted molar refractivity (Wildman–Crippen MR) is 264 cm³/mol. The highest BCUT2D eigenvalue weighted by atomic mass is 16.5. The number of aliphatic hydroxyl groups excluding tert-OH is 2. The van der Waals surface area contributed by atoms with Crippen LogP contribution in [-0.4, -0.2) is 47.4 Å². The molecule has 0 spiro atoms. The Morgan fingerprint density at radius 2 is 0.787 bits per heavy atom. The fourth-order valence-electron chi connectivity index (χ4n) is 8.56. The van der Waals surface area contributed by atoms with E-state index in [1.54, 1.807) is 0 Å². The molecule has 0 aromatic heterocycles. The number of ether oxygens (including phenoxy) is 1. The van der Waals surface area contributed by atoms with E-state index in [1.807, 2.05) is 0 Å². The van der Waals surface area contributed by atoms with E-state index in [-0.39, 0.29) is 18.5 Å². The molecule has 362 valence electrons. The number of hydrogen-bond donors (Lipinski definition) is 3. The fraction of sp³-hybridized carbons (Fsp3) is 0.927. The summed E-state index contributed by atoms with van der Waals surface area (Å²) in [4.78, 5) is 24.5. The number of aliphatic hydroxyl groups is 2. The summed E-state index contributed by atoms with van der Waals surface area (Å²) in [6.07, 6.45) is 59.0. The molecule has 0 bridgehead atoms. The van der Waals surface area contributed by atoms with Gasteiger partial charge in [0.1, 0.15) is 0 Å². The van der Waals surface area contributed by atoms with Gasteiger partial charge in [-0.25, -0.2) is 0 Å². The summed E-state index contributed by atoms with van der Waals surface area (Å²) in [5, 5.41) is 23.3. The normalized spacial score (nSPS) is 12.7. The molecule has 61 heavy (non-hydrogen) atoms. The van der Waals surface area contributed by atoms with Crippen molar-refractivity contribution in [2.24, 2.45) is 0 Å². The number of carbonyl (C=O) groups excluding carboxylic acids is 2. The van der Waals surface area contributed by atoms with Crippen molar-refractivity contribution in [3.05, 3.63) is 12.2 Å². The van der Waals surface area contributed by atoms with Gasteiger partial charge in [0.05, 0.1) is 25.4 Å². The number of allylic oxidation sites excluding steroid dienone is 2. The second kappa shape index (κ2) is 51.2. The second-order valence-corrected chi connectivity index (χ2v) is 18.9. The zero-order valence-corrected chi connectivity index (χ0v) is 41.2. The summed E-state index contributed by atoms with van der Waals surface area (Å²) in [6.45, 7) is 4.91. The van der Waals surface area contributed by atoms with E-state index >= 15 is 0 Å². The Balaban J connectivity index is 3.44. The number of nitrogens with one attached hydrogen (secondary N) is 1. The molecule has 0 aliphatic heterocycles. The highest BCUT2D eigenvalue weighted by molar-refractivity contribution is 5.76. The first kappa shape index (κ1) is 59.6. The minimum Gasteiger partial charge on any atom is -0.466 e. The lowest BCUT2D eigenvalue weighted by Crippen LogP contribution is -2.45. The van der Waals surface area contributed by atoms with Crippen LogP contribution in [0.1, 0.15) is 303 Å². The summed E-state index contributed by atoms with van der Waals surface area (Å²) >= 11 is 0. The largest absolute Gasteiger partial charge is 0.466 e. The van der Waals surface area contributed by atoms with Crippen LogP contribution in [0.5, 0.6) is 0 Å². The zero-order valence-electron chi connectivity index (χ0n) is 41.2. The number of esters is 1. The number of carbonyl (C=O) groups is 2. The molecule has 0 saturated heterocycles. The summed E-state index contributed by atoms with van der Waals surface area (Å²) in [7, 11) is 0. The molecule has 0 fully saturated rings. The van der Waals surface area contributed by atoms with E-state index in [0.29, 0.717) is 25.9 Å². The molecule has 6 heteroatoms. The quantitative estimate of drug-likeness (QED) is 0.0322. The van der Waals surface area contributed by atoms with E-state index in [0.717, 1.165) is 51.4 Å². The van der Waals surface area contributed by atoms with Crippen LogP contribution in [0.3, 0.4) is 0 Å². The molecular formula is C55H107NO5. The van der Waals surface area contributed by atoms with E-state index in [2.05, 4.69) is 31.3 Å². The van der Waals surface area contributed by atoms with Crippen LogP contribution in [0, 0.1) is 0 Å². The summed E-state index contributed by atoms with van der Waals surface area (Å²) in [5.41, 5.74) is 0. The number of unbranched alkanes of at least 4 members (excludes halogenated alkanes) is 38. The van der Waals surface area contributed by atoms with E-state index in [1.165, 1.54) is 218 Å². The standard InChI is InChI=1S/C55H107NO5/c1-3-5-7-9-11-13-15-16-17-18-19-21-24-28-31-35-39-43-47-53(58)52(51-57)56-54(59)48-44-40-36-32-29-25-22-20-23-26-30-34-38-42-46-50-61-55(60)49-45-41-37-33-27-14-12-10-8-6-4-2/h10,12,52-53,57-58H,3-9,11,13-51H2,1-2H3,(H,56,59)/b12-10-. The van der Waals surface area contributed by atoms with Crippen molar-refractivity contribution in [3.63, 3.8) is 0 Å². The highest BCUT2D eigenvalue weighted by Gasteiger charge is 2.20. The van der Waals surface area contributed by atoms with Gasteiger partial charge >= 0.3 is 5.97 Å². The van der Waals surface area contributed by atoms with Gasteiger partial charge < -0.3 is 20.3 Å². The Bertz CT molecular complexity index is 909. The second-order valence-electron chi connectivity index (χ2n) is 18.9. The SMILES string of the molecule is CCCC/C=C\CCCCCCCC(=O)OCCCCCCCCCCCCCCCCCC(=O)NC(CO)C(O)CCCCCCCCCCCCCCCCCCCC. The molecule has 6 nitrogen and oxygen atoms in total. The molecule has 2 atom stereocenters. The van der Waals surface area contributed by atoms with Crippen molar-refractivity contribution in [3.8, 4) is 0 Å². The van der Waals surface area contributed by atoms with E-state index in [4.69, 9.17) is 4.74 Å². The maximum absolute atomic E-state index is 12.5. The molecule has 3 N–H and O–H groups in total. The van der Waals surface area contributed by atoms with Gasteiger partial charge in [0, 0.05) is 12.8 Å². The van der Waals surface area contributed by atoms with Gasteiger partial charge in [-0.05, 0) is 44.9 Å². The van der Waals surface area contributed by atoms with Crippen LogP contribution in [0.25, 0.3) is 0 Å². The Morgan fingerprint density at radius 3 is 1.21 bits per heavy atom.